The Hall–Kier alpha value is -4.20. The lowest BCUT2D eigenvalue weighted by molar-refractivity contribution is -0.117. The van der Waals surface area contributed by atoms with E-state index in [4.69, 9.17) is 0 Å². The maximum Gasteiger partial charge on any atom is 0.293 e. The second-order valence-electron chi connectivity index (χ2n) is 8.12. The van der Waals surface area contributed by atoms with E-state index >= 15 is 0 Å². The number of tetrazole rings is 1. The minimum Gasteiger partial charge on any atom is -0.346 e. The molecular formula is C26H24FN5O2. The number of nitrogens with one attached hydrogen (secondary N) is 1. The zero-order chi connectivity index (χ0) is 23.9. The lowest BCUT2D eigenvalue weighted by Crippen LogP contribution is -2.38. The van der Waals surface area contributed by atoms with Crippen LogP contribution in [0.5, 0.6) is 0 Å². The molecule has 1 amide bonds. The zero-order valence-electron chi connectivity index (χ0n) is 18.7. The maximum atomic E-state index is 13.5. The molecule has 0 aliphatic rings. The molecule has 7 nitrogen and oxygen atoms in total. The van der Waals surface area contributed by atoms with E-state index in [1.54, 1.807) is 6.07 Å². The molecule has 172 valence electrons. The number of rotatable bonds is 9. The Bertz CT molecular complexity index is 1270. The SMILES string of the molecule is CC(=O)C[C@@H](Cc1ccc(-c2cccc(F)c2)cc1)NC(=O)c1nnn(Cc2ccccc2)n1. The molecule has 1 aromatic heterocycles. The molecule has 8 heteroatoms. The van der Waals surface area contributed by atoms with Crippen molar-refractivity contribution < 1.29 is 14.0 Å². The molecule has 0 saturated carbocycles. The molecule has 1 heterocycles. The monoisotopic (exact) mass is 457 g/mol. The Morgan fingerprint density at radius 1 is 0.941 bits per heavy atom. The molecule has 0 saturated heterocycles. The second kappa shape index (κ2) is 10.6. The summed E-state index contributed by atoms with van der Waals surface area (Å²) in [6.07, 6.45) is 0.627. The molecule has 0 unspecified atom stereocenters. The van der Waals surface area contributed by atoms with Crippen LogP contribution in [-0.4, -0.2) is 37.9 Å². The summed E-state index contributed by atoms with van der Waals surface area (Å²) < 4.78 is 13.5. The quantitative estimate of drug-likeness (QED) is 0.412. The number of Topliss-reactive ketones (excluding diaryl/α,β-unsaturated/α-hetero) is 1. The fourth-order valence-corrected chi connectivity index (χ4v) is 3.70. The van der Waals surface area contributed by atoms with Crippen LogP contribution in [0.3, 0.4) is 0 Å². The Morgan fingerprint density at radius 3 is 2.41 bits per heavy atom. The van der Waals surface area contributed by atoms with Gasteiger partial charge in [-0.05, 0) is 52.9 Å². The van der Waals surface area contributed by atoms with Gasteiger partial charge in [-0.25, -0.2) is 4.39 Å². The van der Waals surface area contributed by atoms with Crippen molar-refractivity contribution >= 4 is 11.7 Å². The van der Waals surface area contributed by atoms with E-state index in [9.17, 15) is 14.0 Å². The fraction of sp³-hybridized carbons (Fsp3) is 0.192. The van der Waals surface area contributed by atoms with Crippen LogP contribution < -0.4 is 5.32 Å². The summed E-state index contributed by atoms with van der Waals surface area (Å²) in [5.74, 6) is -0.865. The van der Waals surface area contributed by atoms with Gasteiger partial charge in [-0.2, -0.15) is 4.80 Å². The van der Waals surface area contributed by atoms with Gasteiger partial charge in [-0.1, -0.05) is 66.7 Å². The molecule has 0 aliphatic carbocycles. The lowest BCUT2D eigenvalue weighted by Gasteiger charge is -2.17. The molecule has 4 rings (SSSR count). The average Bonchev–Trinajstić information content (AvgIpc) is 3.28. The number of carbonyl (C=O) groups is 2. The first kappa shape index (κ1) is 23.0. The van der Waals surface area contributed by atoms with Crippen LogP contribution >= 0.6 is 0 Å². The standard InChI is InChI=1S/C26H24FN5O2/c1-18(33)14-24(15-19-10-12-21(13-11-19)22-8-5-9-23(27)16-22)28-26(34)25-29-31-32(30-25)17-20-6-3-2-4-7-20/h2-13,16,24H,14-15,17H2,1H3,(H,28,34)/t24-/m0/s1. The van der Waals surface area contributed by atoms with E-state index in [0.717, 1.165) is 22.3 Å². The molecule has 0 radical (unpaired) electrons. The van der Waals surface area contributed by atoms with Gasteiger partial charge in [-0.3, -0.25) is 9.59 Å². The van der Waals surface area contributed by atoms with Crippen LogP contribution in [-0.2, 0) is 17.8 Å². The van der Waals surface area contributed by atoms with Crippen molar-refractivity contribution in [2.45, 2.75) is 32.4 Å². The fourth-order valence-electron chi connectivity index (χ4n) is 3.70. The van der Waals surface area contributed by atoms with Crippen molar-refractivity contribution in [3.63, 3.8) is 0 Å². The van der Waals surface area contributed by atoms with Crippen LogP contribution in [0.2, 0.25) is 0 Å². The largest absolute Gasteiger partial charge is 0.346 e. The van der Waals surface area contributed by atoms with Crippen molar-refractivity contribution in [2.75, 3.05) is 0 Å². The molecule has 1 N–H and O–H groups in total. The number of ketones is 1. The van der Waals surface area contributed by atoms with Gasteiger partial charge in [0, 0.05) is 12.5 Å². The smallest absolute Gasteiger partial charge is 0.293 e. The summed E-state index contributed by atoms with van der Waals surface area (Å²) in [7, 11) is 0. The van der Waals surface area contributed by atoms with E-state index < -0.39 is 11.9 Å². The lowest BCUT2D eigenvalue weighted by atomic mass is 9.98. The summed E-state index contributed by atoms with van der Waals surface area (Å²) in [6.45, 7) is 1.89. The zero-order valence-corrected chi connectivity index (χ0v) is 18.7. The van der Waals surface area contributed by atoms with E-state index in [2.05, 4.69) is 20.7 Å². The molecule has 4 aromatic rings. The van der Waals surface area contributed by atoms with Gasteiger partial charge in [-0.15, -0.1) is 10.2 Å². The van der Waals surface area contributed by atoms with E-state index in [0.29, 0.717) is 13.0 Å². The van der Waals surface area contributed by atoms with E-state index in [1.165, 1.54) is 23.9 Å². The summed E-state index contributed by atoms with van der Waals surface area (Å²) in [6, 6.07) is 23.2. The van der Waals surface area contributed by atoms with Crippen molar-refractivity contribution in [2.24, 2.45) is 0 Å². The van der Waals surface area contributed by atoms with Crippen LogP contribution in [0.15, 0.2) is 78.9 Å². The third-order valence-electron chi connectivity index (χ3n) is 5.29. The molecule has 3 aromatic carbocycles. The molecule has 0 bridgehead atoms. The van der Waals surface area contributed by atoms with Crippen LogP contribution in [0.1, 0.15) is 35.1 Å². The van der Waals surface area contributed by atoms with Gasteiger partial charge in [0.2, 0.25) is 0 Å². The predicted octanol–water partition coefficient (Wildman–Crippen LogP) is 3.85. The summed E-state index contributed by atoms with van der Waals surface area (Å²) in [5.41, 5.74) is 3.59. The summed E-state index contributed by atoms with van der Waals surface area (Å²) >= 11 is 0. The van der Waals surface area contributed by atoms with Crippen molar-refractivity contribution in [3.8, 4) is 11.1 Å². The number of carbonyl (C=O) groups excluding carboxylic acids is 2. The third kappa shape index (κ3) is 6.19. The van der Waals surface area contributed by atoms with Crippen molar-refractivity contribution in [3.05, 3.63) is 102 Å². The third-order valence-corrected chi connectivity index (χ3v) is 5.29. The highest BCUT2D eigenvalue weighted by Gasteiger charge is 2.20. The van der Waals surface area contributed by atoms with Crippen LogP contribution in [0.4, 0.5) is 4.39 Å². The average molecular weight is 458 g/mol. The topological polar surface area (TPSA) is 89.8 Å². The number of benzene rings is 3. The van der Waals surface area contributed by atoms with Crippen LogP contribution in [0, 0.1) is 5.82 Å². The molecule has 0 fully saturated rings. The minimum absolute atomic E-state index is 0.0395. The Morgan fingerprint density at radius 2 is 1.71 bits per heavy atom. The highest BCUT2D eigenvalue weighted by atomic mass is 19.1. The van der Waals surface area contributed by atoms with Crippen LogP contribution in [0.25, 0.3) is 11.1 Å². The number of nitrogens with zero attached hydrogens (tertiary/aromatic N) is 4. The highest BCUT2D eigenvalue weighted by molar-refractivity contribution is 5.90. The number of aromatic nitrogens is 4. The normalized spacial score (nSPS) is 11.7. The Balaban J connectivity index is 1.42. The van der Waals surface area contributed by atoms with Gasteiger partial charge >= 0.3 is 0 Å². The first-order valence-corrected chi connectivity index (χ1v) is 10.9. The molecule has 0 aliphatic heterocycles. The van der Waals surface area contributed by atoms with E-state index in [1.807, 2.05) is 60.7 Å². The Labute approximate surface area is 196 Å². The van der Waals surface area contributed by atoms with E-state index in [-0.39, 0.29) is 23.8 Å². The van der Waals surface area contributed by atoms with Gasteiger partial charge in [0.1, 0.15) is 11.6 Å². The number of hydrogen-bond donors (Lipinski definition) is 1. The van der Waals surface area contributed by atoms with Gasteiger partial charge < -0.3 is 5.32 Å². The van der Waals surface area contributed by atoms with Gasteiger partial charge in [0.15, 0.2) is 0 Å². The molecule has 1 atom stereocenters. The Kier molecular flexibility index (Phi) is 7.17. The van der Waals surface area contributed by atoms with Crippen molar-refractivity contribution in [1.29, 1.82) is 0 Å². The highest BCUT2D eigenvalue weighted by Crippen LogP contribution is 2.21. The number of amides is 1. The maximum absolute atomic E-state index is 13.5. The second-order valence-corrected chi connectivity index (χ2v) is 8.12. The number of hydrogen-bond acceptors (Lipinski definition) is 5. The first-order valence-electron chi connectivity index (χ1n) is 10.9. The molecule has 0 spiro atoms. The predicted molar refractivity (Wildman–Crippen MR) is 125 cm³/mol. The van der Waals surface area contributed by atoms with Gasteiger partial charge in [0.25, 0.3) is 11.7 Å². The molecule has 34 heavy (non-hydrogen) atoms. The van der Waals surface area contributed by atoms with Gasteiger partial charge in [0.05, 0.1) is 6.54 Å². The molecular weight excluding hydrogens is 433 g/mol. The van der Waals surface area contributed by atoms with Crippen molar-refractivity contribution in [1.82, 2.24) is 25.5 Å². The summed E-state index contributed by atoms with van der Waals surface area (Å²) in [5, 5.41) is 14.8. The minimum atomic E-state index is -0.484. The first-order chi connectivity index (χ1) is 16.5. The number of halogens is 1. The summed E-state index contributed by atoms with van der Waals surface area (Å²) in [4.78, 5) is 25.9.